The van der Waals surface area contributed by atoms with Crippen LogP contribution in [0.3, 0.4) is 0 Å². The average Bonchev–Trinajstić information content (AvgIpc) is 2.73. The molecule has 1 aliphatic heterocycles. The van der Waals surface area contributed by atoms with Crippen molar-refractivity contribution in [1.29, 1.82) is 5.26 Å². The molecule has 1 aromatic carbocycles. The highest BCUT2D eigenvalue weighted by atomic mass is 79.9. The fraction of sp³-hybridized carbons (Fsp3) is 0.417. The van der Waals surface area contributed by atoms with Crippen LogP contribution in [0.5, 0.6) is 0 Å². The van der Waals surface area contributed by atoms with Crippen LogP contribution in [-0.4, -0.2) is 13.2 Å². The molecule has 0 saturated carbocycles. The molecule has 1 aliphatic rings. The van der Waals surface area contributed by atoms with Gasteiger partial charge in [0.2, 0.25) is 0 Å². The van der Waals surface area contributed by atoms with Gasteiger partial charge in [0.1, 0.15) is 5.82 Å². The molecular formula is C12H11BrFNO. The highest BCUT2D eigenvalue weighted by molar-refractivity contribution is 9.10. The van der Waals surface area contributed by atoms with Crippen molar-refractivity contribution in [3.05, 3.63) is 34.1 Å². The van der Waals surface area contributed by atoms with Crippen molar-refractivity contribution in [3.8, 4) is 6.07 Å². The molecule has 1 unspecified atom stereocenters. The first kappa shape index (κ1) is 11.6. The fourth-order valence-electron chi connectivity index (χ4n) is 1.92. The van der Waals surface area contributed by atoms with Crippen LogP contribution in [0.2, 0.25) is 0 Å². The zero-order chi connectivity index (χ0) is 11.6. The summed E-state index contributed by atoms with van der Waals surface area (Å²) in [6.07, 6.45) is 1.09. The van der Waals surface area contributed by atoms with Gasteiger partial charge in [-0.15, -0.1) is 0 Å². The topological polar surface area (TPSA) is 33.0 Å². The number of hydrogen-bond donors (Lipinski definition) is 0. The normalized spacial score (nSPS) is 24.3. The summed E-state index contributed by atoms with van der Waals surface area (Å²) >= 11 is 3.30. The first-order chi connectivity index (χ1) is 7.65. The molecule has 0 N–H and O–H groups in total. The van der Waals surface area contributed by atoms with Gasteiger partial charge < -0.3 is 4.74 Å². The van der Waals surface area contributed by atoms with E-state index in [1.54, 1.807) is 12.1 Å². The minimum Gasteiger partial charge on any atom is -0.380 e. The van der Waals surface area contributed by atoms with Gasteiger partial charge in [-0.3, -0.25) is 0 Å². The maximum absolute atomic E-state index is 13.6. The number of nitriles is 1. The summed E-state index contributed by atoms with van der Waals surface area (Å²) in [5.74, 6) is -0.260. The molecule has 2 rings (SSSR count). The van der Waals surface area contributed by atoms with Gasteiger partial charge in [-0.25, -0.2) is 4.39 Å². The number of ether oxygens (including phenoxy) is 1. The van der Waals surface area contributed by atoms with Crippen molar-refractivity contribution in [3.63, 3.8) is 0 Å². The van der Waals surface area contributed by atoms with Gasteiger partial charge in [-0.05, 0) is 36.6 Å². The van der Waals surface area contributed by atoms with E-state index in [4.69, 9.17) is 4.74 Å². The summed E-state index contributed by atoms with van der Waals surface area (Å²) in [6.45, 7) is 0.985. The molecule has 0 spiro atoms. The van der Waals surface area contributed by atoms with Crippen molar-refractivity contribution in [2.75, 3.05) is 13.2 Å². The number of nitrogens with zero attached hydrogens (tertiary/aromatic N) is 1. The quantitative estimate of drug-likeness (QED) is 0.836. The summed E-state index contributed by atoms with van der Waals surface area (Å²) < 4.78 is 19.6. The van der Waals surface area contributed by atoms with E-state index in [-0.39, 0.29) is 5.82 Å². The van der Waals surface area contributed by atoms with Crippen molar-refractivity contribution < 1.29 is 9.13 Å². The zero-order valence-electron chi connectivity index (χ0n) is 8.67. The minimum atomic E-state index is -0.554. The largest absolute Gasteiger partial charge is 0.380 e. The third-order valence-corrected chi connectivity index (χ3v) is 3.37. The van der Waals surface area contributed by atoms with Crippen molar-refractivity contribution in [1.82, 2.24) is 0 Å². The highest BCUT2D eigenvalue weighted by Gasteiger charge is 2.35. The maximum atomic E-state index is 13.6. The Kier molecular flexibility index (Phi) is 3.27. The number of hydrogen-bond acceptors (Lipinski definition) is 2. The van der Waals surface area contributed by atoms with Crippen molar-refractivity contribution in [2.45, 2.75) is 12.8 Å². The predicted molar refractivity (Wildman–Crippen MR) is 61.3 cm³/mol. The Balaban J connectivity index is 2.26. The Morgan fingerprint density at radius 3 is 3.00 bits per heavy atom. The first-order valence-electron chi connectivity index (χ1n) is 5.08. The molecule has 0 aliphatic carbocycles. The molecule has 2 nitrogen and oxygen atoms in total. The standard InChI is InChI=1S/C12H11BrFNO/c13-10-1-2-11(14)9(5-10)6-12(7-15)3-4-16-8-12/h1-2,5H,3-4,6,8H2. The van der Waals surface area contributed by atoms with E-state index in [0.29, 0.717) is 31.6 Å². The van der Waals surface area contributed by atoms with Crippen LogP contribution in [0.15, 0.2) is 22.7 Å². The van der Waals surface area contributed by atoms with Gasteiger partial charge in [0, 0.05) is 11.1 Å². The molecule has 0 bridgehead atoms. The SMILES string of the molecule is N#CC1(Cc2cc(Br)ccc2F)CCOC1. The molecule has 1 atom stereocenters. The van der Waals surface area contributed by atoms with Gasteiger partial charge in [0.15, 0.2) is 0 Å². The molecule has 1 fully saturated rings. The number of benzene rings is 1. The Bertz CT molecular complexity index is 435. The first-order valence-corrected chi connectivity index (χ1v) is 5.87. The van der Waals surface area contributed by atoms with Gasteiger partial charge in [0.25, 0.3) is 0 Å². The minimum absolute atomic E-state index is 0.260. The Hall–Kier alpha value is -0.920. The molecule has 0 aromatic heterocycles. The Morgan fingerprint density at radius 1 is 1.56 bits per heavy atom. The lowest BCUT2D eigenvalue weighted by molar-refractivity contribution is 0.171. The summed E-state index contributed by atoms with van der Waals surface area (Å²) in [6, 6.07) is 7.07. The molecule has 16 heavy (non-hydrogen) atoms. The Labute approximate surface area is 102 Å². The lowest BCUT2D eigenvalue weighted by Gasteiger charge is -2.18. The third kappa shape index (κ3) is 2.26. The Morgan fingerprint density at radius 2 is 2.38 bits per heavy atom. The molecule has 4 heteroatoms. The molecular weight excluding hydrogens is 273 g/mol. The predicted octanol–water partition coefficient (Wildman–Crippen LogP) is 3.06. The van der Waals surface area contributed by atoms with E-state index < -0.39 is 5.41 Å². The monoisotopic (exact) mass is 283 g/mol. The van der Waals surface area contributed by atoms with E-state index in [0.717, 1.165) is 4.47 Å². The van der Waals surface area contributed by atoms with Gasteiger partial charge in [-0.2, -0.15) is 5.26 Å². The molecule has 1 aromatic rings. The second-order valence-corrected chi connectivity index (χ2v) is 5.02. The molecule has 1 heterocycles. The van der Waals surface area contributed by atoms with Crippen LogP contribution in [0.4, 0.5) is 4.39 Å². The maximum Gasteiger partial charge on any atom is 0.126 e. The van der Waals surface area contributed by atoms with E-state index in [9.17, 15) is 9.65 Å². The second kappa shape index (κ2) is 4.52. The van der Waals surface area contributed by atoms with Gasteiger partial charge >= 0.3 is 0 Å². The van der Waals surface area contributed by atoms with Crippen LogP contribution in [0, 0.1) is 22.6 Å². The summed E-state index contributed by atoms with van der Waals surface area (Å²) in [5, 5.41) is 9.17. The number of halogens is 2. The second-order valence-electron chi connectivity index (χ2n) is 4.11. The molecule has 0 amide bonds. The summed E-state index contributed by atoms with van der Waals surface area (Å²) in [7, 11) is 0. The van der Waals surface area contributed by atoms with E-state index >= 15 is 0 Å². The molecule has 0 radical (unpaired) electrons. The molecule has 84 valence electrons. The van der Waals surface area contributed by atoms with E-state index in [1.165, 1.54) is 6.07 Å². The highest BCUT2D eigenvalue weighted by Crippen LogP contribution is 2.33. The lowest BCUT2D eigenvalue weighted by Crippen LogP contribution is -2.22. The van der Waals surface area contributed by atoms with Crippen LogP contribution in [-0.2, 0) is 11.2 Å². The van der Waals surface area contributed by atoms with E-state index in [1.807, 2.05) is 0 Å². The molecule has 1 saturated heterocycles. The van der Waals surface area contributed by atoms with E-state index in [2.05, 4.69) is 22.0 Å². The third-order valence-electron chi connectivity index (χ3n) is 2.88. The van der Waals surface area contributed by atoms with Crippen molar-refractivity contribution >= 4 is 15.9 Å². The van der Waals surface area contributed by atoms with Gasteiger partial charge in [0.05, 0.1) is 18.1 Å². The number of rotatable bonds is 2. The van der Waals surface area contributed by atoms with Crippen LogP contribution >= 0.6 is 15.9 Å². The van der Waals surface area contributed by atoms with Crippen LogP contribution in [0.25, 0.3) is 0 Å². The fourth-order valence-corrected chi connectivity index (χ4v) is 2.33. The van der Waals surface area contributed by atoms with Crippen LogP contribution < -0.4 is 0 Å². The zero-order valence-corrected chi connectivity index (χ0v) is 10.3. The van der Waals surface area contributed by atoms with Crippen LogP contribution in [0.1, 0.15) is 12.0 Å². The summed E-state index contributed by atoms with van der Waals surface area (Å²) in [4.78, 5) is 0. The van der Waals surface area contributed by atoms with Crippen molar-refractivity contribution in [2.24, 2.45) is 5.41 Å². The average molecular weight is 284 g/mol. The summed E-state index contributed by atoms with van der Waals surface area (Å²) in [5.41, 5.74) is 0.0168. The lowest BCUT2D eigenvalue weighted by atomic mass is 9.82. The van der Waals surface area contributed by atoms with Gasteiger partial charge in [-0.1, -0.05) is 15.9 Å². The smallest absolute Gasteiger partial charge is 0.126 e.